The summed E-state index contributed by atoms with van der Waals surface area (Å²) in [6.07, 6.45) is 19.2. The van der Waals surface area contributed by atoms with Crippen molar-refractivity contribution < 1.29 is 4.74 Å². The number of ether oxygens (including phenoxy) is 1. The first-order valence-corrected chi connectivity index (χ1v) is 12.0. The molecule has 3 nitrogen and oxygen atoms in total. The van der Waals surface area contributed by atoms with E-state index in [1.54, 1.807) is 0 Å². The van der Waals surface area contributed by atoms with E-state index in [-0.39, 0.29) is 5.41 Å². The molecular formula is C25H46N2O. The first-order valence-electron chi connectivity index (χ1n) is 12.0. The van der Waals surface area contributed by atoms with Gasteiger partial charge < -0.3 is 4.74 Å². The third-order valence-electron chi connectivity index (χ3n) is 5.44. The predicted octanol–water partition coefficient (Wildman–Crippen LogP) is 7.71. The van der Waals surface area contributed by atoms with Crippen LogP contribution in [0.3, 0.4) is 0 Å². The van der Waals surface area contributed by atoms with Crippen LogP contribution in [0.25, 0.3) is 0 Å². The molecular weight excluding hydrogens is 344 g/mol. The summed E-state index contributed by atoms with van der Waals surface area (Å²) in [6, 6.07) is 0. The molecule has 1 heterocycles. The van der Waals surface area contributed by atoms with Crippen molar-refractivity contribution in [3.63, 3.8) is 0 Å². The first kappa shape index (κ1) is 24.9. The van der Waals surface area contributed by atoms with Crippen molar-refractivity contribution in [2.24, 2.45) is 5.41 Å². The molecule has 0 N–H and O–H groups in total. The lowest BCUT2D eigenvalue weighted by molar-refractivity contribution is 0.161. The fourth-order valence-electron chi connectivity index (χ4n) is 3.66. The maximum atomic E-state index is 6.24. The average Bonchev–Trinajstić information content (AvgIpc) is 2.67. The monoisotopic (exact) mass is 390 g/mol. The summed E-state index contributed by atoms with van der Waals surface area (Å²) >= 11 is 0. The van der Waals surface area contributed by atoms with Gasteiger partial charge in [-0.15, -0.1) is 0 Å². The summed E-state index contributed by atoms with van der Waals surface area (Å²) in [6.45, 7) is 12.0. The number of rotatable bonds is 17. The maximum absolute atomic E-state index is 6.24. The van der Waals surface area contributed by atoms with E-state index in [2.05, 4.69) is 34.6 Å². The van der Waals surface area contributed by atoms with Gasteiger partial charge in [-0.1, -0.05) is 92.4 Å². The first-order chi connectivity index (χ1) is 13.5. The minimum absolute atomic E-state index is 0.185. The zero-order valence-electron chi connectivity index (χ0n) is 19.5. The summed E-state index contributed by atoms with van der Waals surface area (Å²) in [5.41, 5.74) is 2.33. The number of nitrogens with zero attached hydrogens (tertiary/aromatic N) is 2. The highest BCUT2D eigenvalue weighted by Crippen LogP contribution is 2.25. The molecule has 0 fully saturated rings. The van der Waals surface area contributed by atoms with Gasteiger partial charge in [0.25, 0.3) is 0 Å². The molecule has 28 heavy (non-hydrogen) atoms. The highest BCUT2D eigenvalue weighted by atomic mass is 16.5. The van der Waals surface area contributed by atoms with Crippen molar-refractivity contribution >= 4 is 0 Å². The molecule has 0 aliphatic heterocycles. The molecule has 0 bridgehead atoms. The van der Waals surface area contributed by atoms with Gasteiger partial charge >= 0.3 is 0 Å². The quantitative estimate of drug-likeness (QED) is 0.255. The van der Waals surface area contributed by atoms with Crippen LogP contribution in [0.2, 0.25) is 0 Å². The largest absolute Gasteiger partial charge is 0.476 e. The van der Waals surface area contributed by atoms with Crippen molar-refractivity contribution in [2.45, 2.75) is 125 Å². The minimum atomic E-state index is 0.185. The summed E-state index contributed by atoms with van der Waals surface area (Å²) in [5, 5.41) is 0. The fraction of sp³-hybridized carbons (Fsp3) is 0.840. The third-order valence-corrected chi connectivity index (χ3v) is 5.44. The van der Waals surface area contributed by atoms with Crippen LogP contribution < -0.4 is 4.74 Å². The SMILES string of the molecule is CCCCCCCc1cnc(CCCCCCC)c(OCC(C)(C)CCC)n1. The van der Waals surface area contributed by atoms with Crippen LogP contribution in [0, 0.1) is 5.41 Å². The molecule has 162 valence electrons. The van der Waals surface area contributed by atoms with Gasteiger partial charge in [0.1, 0.15) is 5.69 Å². The van der Waals surface area contributed by atoms with Crippen LogP contribution in [0.1, 0.15) is 123 Å². The zero-order chi connectivity index (χ0) is 20.7. The minimum Gasteiger partial charge on any atom is -0.476 e. The molecule has 0 aliphatic rings. The lowest BCUT2D eigenvalue weighted by Crippen LogP contribution is -2.22. The molecule has 1 aromatic rings. The Morgan fingerprint density at radius 3 is 2.00 bits per heavy atom. The molecule has 1 aromatic heterocycles. The zero-order valence-corrected chi connectivity index (χ0v) is 19.5. The normalized spacial score (nSPS) is 11.8. The lowest BCUT2D eigenvalue weighted by atomic mass is 9.89. The number of unbranched alkanes of at least 4 members (excludes halogenated alkanes) is 8. The molecule has 1 rings (SSSR count). The second-order valence-electron chi connectivity index (χ2n) is 9.14. The van der Waals surface area contributed by atoms with Gasteiger partial charge in [-0.3, -0.25) is 4.98 Å². The number of aryl methyl sites for hydroxylation is 2. The maximum Gasteiger partial charge on any atom is 0.235 e. The van der Waals surface area contributed by atoms with E-state index >= 15 is 0 Å². The van der Waals surface area contributed by atoms with Crippen molar-refractivity contribution in [3.8, 4) is 5.88 Å². The van der Waals surface area contributed by atoms with Gasteiger partial charge in [0.2, 0.25) is 5.88 Å². The Bertz CT molecular complexity index is 513. The van der Waals surface area contributed by atoms with Crippen LogP contribution in [0.4, 0.5) is 0 Å². The third kappa shape index (κ3) is 11.0. The molecule has 0 aliphatic carbocycles. The molecule has 0 atom stereocenters. The average molecular weight is 391 g/mol. The van der Waals surface area contributed by atoms with Gasteiger partial charge in [-0.05, 0) is 37.5 Å². The van der Waals surface area contributed by atoms with Crippen LogP contribution in [-0.2, 0) is 12.8 Å². The van der Waals surface area contributed by atoms with E-state index in [4.69, 9.17) is 14.7 Å². The standard InChI is InChI=1S/C25H46N2O/c1-6-9-11-13-15-17-22-20-26-23(18-16-14-12-10-7-2)24(27-22)28-21-25(4,5)19-8-3/h20H,6-19,21H2,1-5H3. The van der Waals surface area contributed by atoms with Crippen molar-refractivity contribution in [3.05, 3.63) is 17.6 Å². The number of aromatic nitrogens is 2. The Morgan fingerprint density at radius 1 is 0.786 bits per heavy atom. The van der Waals surface area contributed by atoms with Crippen molar-refractivity contribution in [1.29, 1.82) is 0 Å². The Morgan fingerprint density at radius 2 is 1.39 bits per heavy atom. The van der Waals surface area contributed by atoms with Crippen LogP contribution in [0.15, 0.2) is 6.20 Å². The molecule has 3 heteroatoms. The van der Waals surface area contributed by atoms with Gasteiger partial charge in [0.05, 0.1) is 12.3 Å². The van der Waals surface area contributed by atoms with E-state index in [9.17, 15) is 0 Å². The van der Waals surface area contributed by atoms with Crippen molar-refractivity contribution in [2.75, 3.05) is 6.61 Å². The molecule has 0 saturated heterocycles. The summed E-state index contributed by atoms with van der Waals surface area (Å²) in [5.74, 6) is 0.797. The van der Waals surface area contributed by atoms with E-state index in [1.165, 1.54) is 77.0 Å². The van der Waals surface area contributed by atoms with E-state index in [0.717, 1.165) is 36.7 Å². The fourth-order valence-corrected chi connectivity index (χ4v) is 3.66. The number of hydrogen-bond donors (Lipinski definition) is 0. The molecule has 0 aromatic carbocycles. The smallest absolute Gasteiger partial charge is 0.235 e. The van der Waals surface area contributed by atoms with Crippen molar-refractivity contribution in [1.82, 2.24) is 9.97 Å². The predicted molar refractivity (Wildman–Crippen MR) is 121 cm³/mol. The Labute approximate surface area is 175 Å². The molecule has 0 amide bonds. The van der Waals surface area contributed by atoms with Crippen LogP contribution >= 0.6 is 0 Å². The highest BCUT2D eigenvalue weighted by molar-refractivity contribution is 5.21. The summed E-state index contributed by atoms with van der Waals surface area (Å²) in [4.78, 5) is 9.65. The molecule has 0 unspecified atom stereocenters. The Kier molecular flexibility index (Phi) is 13.2. The lowest BCUT2D eigenvalue weighted by Gasteiger charge is -2.24. The molecule has 0 saturated carbocycles. The second kappa shape index (κ2) is 14.8. The summed E-state index contributed by atoms with van der Waals surface area (Å²) < 4.78 is 6.24. The highest BCUT2D eigenvalue weighted by Gasteiger charge is 2.19. The number of hydrogen-bond acceptors (Lipinski definition) is 3. The van der Waals surface area contributed by atoms with Gasteiger partial charge in [-0.25, -0.2) is 4.98 Å². The van der Waals surface area contributed by atoms with Crippen LogP contribution in [-0.4, -0.2) is 16.6 Å². The summed E-state index contributed by atoms with van der Waals surface area (Å²) in [7, 11) is 0. The molecule has 0 radical (unpaired) electrons. The van der Waals surface area contributed by atoms with E-state index in [1.807, 2.05) is 6.20 Å². The Hall–Kier alpha value is -1.12. The Balaban J connectivity index is 2.68. The van der Waals surface area contributed by atoms with E-state index in [0.29, 0.717) is 0 Å². The van der Waals surface area contributed by atoms with E-state index < -0.39 is 0 Å². The molecule has 0 spiro atoms. The van der Waals surface area contributed by atoms with Crippen LogP contribution in [0.5, 0.6) is 5.88 Å². The second-order valence-corrected chi connectivity index (χ2v) is 9.14. The topological polar surface area (TPSA) is 35.0 Å². The van der Waals surface area contributed by atoms with Gasteiger partial charge in [0, 0.05) is 6.20 Å². The van der Waals surface area contributed by atoms with Gasteiger partial charge in [0.15, 0.2) is 0 Å². The van der Waals surface area contributed by atoms with Gasteiger partial charge in [-0.2, -0.15) is 0 Å².